The molecule has 4 rings (SSSR count). The summed E-state index contributed by atoms with van der Waals surface area (Å²) in [7, 11) is 0. The van der Waals surface area contributed by atoms with Crippen LogP contribution in [0, 0.1) is 23.7 Å². The van der Waals surface area contributed by atoms with Crippen molar-refractivity contribution in [1.82, 2.24) is 0 Å². The van der Waals surface area contributed by atoms with Crippen LogP contribution in [0.1, 0.15) is 53.4 Å². The van der Waals surface area contributed by atoms with E-state index in [1.165, 1.54) is 0 Å². The van der Waals surface area contributed by atoms with Crippen LogP contribution in [-0.4, -0.2) is 63.1 Å². The van der Waals surface area contributed by atoms with Crippen molar-refractivity contribution < 1.29 is 23.7 Å². The fourth-order valence-electron chi connectivity index (χ4n) is 5.50. The molecule has 4 saturated heterocycles. The molecule has 0 aromatic carbocycles. The van der Waals surface area contributed by atoms with Gasteiger partial charge in [0.25, 0.3) is 0 Å². The second-order valence-electron chi connectivity index (χ2n) is 8.84. The fraction of sp³-hybridized carbons (Fsp3) is 1.00. The van der Waals surface area contributed by atoms with Crippen LogP contribution in [0.4, 0.5) is 0 Å². The SMILES string of the molecule is CCC1OCC1C(OC(C1COC1CC)C1COC1CC)C1COC1CC. The van der Waals surface area contributed by atoms with Crippen molar-refractivity contribution in [3.05, 3.63) is 0 Å². The van der Waals surface area contributed by atoms with Gasteiger partial charge in [0.2, 0.25) is 0 Å². The van der Waals surface area contributed by atoms with Gasteiger partial charge in [-0.15, -0.1) is 0 Å². The Hall–Kier alpha value is -0.200. The Morgan fingerprint density at radius 3 is 0.963 bits per heavy atom. The Balaban J connectivity index is 1.52. The maximum Gasteiger partial charge on any atom is 0.0729 e. The summed E-state index contributed by atoms with van der Waals surface area (Å²) in [6.07, 6.45) is 6.10. The van der Waals surface area contributed by atoms with Gasteiger partial charge in [-0.25, -0.2) is 0 Å². The van der Waals surface area contributed by atoms with Gasteiger partial charge in [0, 0.05) is 23.7 Å². The predicted molar refractivity (Wildman–Crippen MR) is 103 cm³/mol. The lowest BCUT2D eigenvalue weighted by Gasteiger charge is -2.54. The van der Waals surface area contributed by atoms with Gasteiger partial charge in [-0.1, -0.05) is 27.7 Å². The third-order valence-corrected chi connectivity index (χ3v) is 7.53. The van der Waals surface area contributed by atoms with Crippen LogP contribution in [0.3, 0.4) is 0 Å². The molecule has 0 aromatic heterocycles. The Bertz CT molecular complexity index is 395. The maximum atomic E-state index is 7.07. The monoisotopic (exact) mass is 382 g/mol. The van der Waals surface area contributed by atoms with E-state index < -0.39 is 0 Å². The van der Waals surface area contributed by atoms with Gasteiger partial charge in [-0.2, -0.15) is 0 Å². The van der Waals surface area contributed by atoms with Crippen LogP contribution in [-0.2, 0) is 23.7 Å². The van der Waals surface area contributed by atoms with E-state index in [-0.39, 0.29) is 12.2 Å². The summed E-state index contributed by atoms with van der Waals surface area (Å²) in [4.78, 5) is 0. The Morgan fingerprint density at radius 2 is 0.815 bits per heavy atom. The summed E-state index contributed by atoms with van der Waals surface area (Å²) in [5, 5.41) is 0. The summed E-state index contributed by atoms with van der Waals surface area (Å²) < 4.78 is 30.5. The first-order valence-electron chi connectivity index (χ1n) is 11.3. The number of hydrogen-bond acceptors (Lipinski definition) is 5. The van der Waals surface area contributed by atoms with E-state index in [4.69, 9.17) is 23.7 Å². The number of ether oxygens (including phenoxy) is 5. The molecule has 8 atom stereocenters. The highest BCUT2D eigenvalue weighted by Crippen LogP contribution is 2.44. The second kappa shape index (κ2) is 8.66. The van der Waals surface area contributed by atoms with Gasteiger partial charge in [-0.3, -0.25) is 0 Å². The van der Waals surface area contributed by atoms with Crippen LogP contribution < -0.4 is 0 Å². The first-order valence-corrected chi connectivity index (χ1v) is 11.3. The van der Waals surface area contributed by atoms with Crippen LogP contribution >= 0.6 is 0 Å². The average molecular weight is 383 g/mol. The molecule has 156 valence electrons. The van der Waals surface area contributed by atoms with Crippen LogP contribution in [0.5, 0.6) is 0 Å². The van der Waals surface area contributed by atoms with Gasteiger partial charge in [0.05, 0.1) is 63.1 Å². The highest BCUT2D eigenvalue weighted by molar-refractivity contribution is 4.99. The molecule has 4 aliphatic heterocycles. The second-order valence-corrected chi connectivity index (χ2v) is 8.84. The van der Waals surface area contributed by atoms with Crippen molar-refractivity contribution in [2.75, 3.05) is 26.4 Å². The molecule has 0 saturated carbocycles. The minimum atomic E-state index is 0.239. The molecule has 0 aliphatic carbocycles. The Kier molecular flexibility index (Phi) is 6.44. The molecule has 27 heavy (non-hydrogen) atoms. The molecule has 0 bridgehead atoms. The molecule has 5 nitrogen and oxygen atoms in total. The number of rotatable bonds is 10. The summed E-state index contributed by atoms with van der Waals surface area (Å²) in [5.74, 6) is 2.01. The standard InChI is InChI=1S/C22H38O5/c1-5-17-13(9-23-17)21(14-10-24-18(14)6-2)27-22(15-11-25-19(15)7-3)16-12-26-20(16)8-4/h13-22H,5-12H2,1-4H3. The first kappa shape index (κ1) is 20.1. The largest absolute Gasteiger partial charge is 0.377 e. The Labute approximate surface area is 164 Å². The van der Waals surface area contributed by atoms with E-state index in [9.17, 15) is 0 Å². The predicted octanol–water partition coefficient (Wildman–Crippen LogP) is 3.44. The molecule has 8 unspecified atom stereocenters. The fourth-order valence-corrected chi connectivity index (χ4v) is 5.50. The number of hydrogen-bond donors (Lipinski definition) is 0. The maximum absolute atomic E-state index is 7.07. The minimum Gasteiger partial charge on any atom is -0.377 e. The normalized spacial score (nSPS) is 45.8. The average Bonchev–Trinajstić information content (AvgIpc) is 2.52. The quantitative estimate of drug-likeness (QED) is 0.579. The van der Waals surface area contributed by atoms with Gasteiger partial charge in [0.1, 0.15) is 0 Å². The van der Waals surface area contributed by atoms with Gasteiger partial charge >= 0.3 is 0 Å². The summed E-state index contributed by atoms with van der Waals surface area (Å²) in [5.41, 5.74) is 0. The van der Waals surface area contributed by atoms with Crippen molar-refractivity contribution >= 4 is 0 Å². The summed E-state index contributed by atoms with van der Waals surface area (Å²) in [6.45, 7) is 12.2. The molecule has 0 N–H and O–H groups in total. The van der Waals surface area contributed by atoms with E-state index in [2.05, 4.69) is 27.7 Å². The van der Waals surface area contributed by atoms with E-state index in [0.29, 0.717) is 48.1 Å². The van der Waals surface area contributed by atoms with Crippen molar-refractivity contribution in [2.45, 2.75) is 90.0 Å². The van der Waals surface area contributed by atoms with Crippen molar-refractivity contribution in [1.29, 1.82) is 0 Å². The molecule has 0 aromatic rings. The van der Waals surface area contributed by atoms with E-state index in [1.54, 1.807) is 0 Å². The van der Waals surface area contributed by atoms with E-state index in [0.717, 1.165) is 52.1 Å². The summed E-state index contributed by atoms with van der Waals surface area (Å²) in [6, 6.07) is 0. The molecule has 0 spiro atoms. The smallest absolute Gasteiger partial charge is 0.0729 e. The molecule has 0 amide bonds. The minimum absolute atomic E-state index is 0.239. The lowest BCUT2D eigenvalue weighted by Crippen LogP contribution is -2.63. The molecule has 5 heteroatoms. The highest BCUT2D eigenvalue weighted by atomic mass is 16.6. The van der Waals surface area contributed by atoms with Crippen molar-refractivity contribution in [3.8, 4) is 0 Å². The zero-order valence-corrected chi connectivity index (χ0v) is 17.5. The van der Waals surface area contributed by atoms with E-state index in [1.807, 2.05) is 0 Å². The lowest BCUT2D eigenvalue weighted by atomic mass is 9.75. The molecule has 0 radical (unpaired) electrons. The molecular weight excluding hydrogens is 344 g/mol. The Morgan fingerprint density at radius 1 is 0.556 bits per heavy atom. The lowest BCUT2D eigenvalue weighted by molar-refractivity contribution is -0.294. The van der Waals surface area contributed by atoms with Gasteiger partial charge in [0.15, 0.2) is 0 Å². The van der Waals surface area contributed by atoms with Crippen molar-refractivity contribution in [2.24, 2.45) is 23.7 Å². The van der Waals surface area contributed by atoms with E-state index >= 15 is 0 Å². The van der Waals surface area contributed by atoms with Crippen LogP contribution in [0.2, 0.25) is 0 Å². The topological polar surface area (TPSA) is 46.2 Å². The van der Waals surface area contributed by atoms with Crippen LogP contribution in [0.15, 0.2) is 0 Å². The first-order chi connectivity index (χ1) is 13.2. The molecule has 4 aliphatic rings. The van der Waals surface area contributed by atoms with Crippen LogP contribution in [0.25, 0.3) is 0 Å². The molecule has 4 heterocycles. The zero-order chi connectivity index (χ0) is 19.0. The molecule has 4 fully saturated rings. The molecular formula is C22H38O5. The highest BCUT2D eigenvalue weighted by Gasteiger charge is 2.53. The van der Waals surface area contributed by atoms with Gasteiger partial charge < -0.3 is 23.7 Å². The third-order valence-electron chi connectivity index (χ3n) is 7.53. The van der Waals surface area contributed by atoms with Crippen molar-refractivity contribution in [3.63, 3.8) is 0 Å². The van der Waals surface area contributed by atoms with Gasteiger partial charge in [-0.05, 0) is 25.7 Å². The summed E-state index contributed by atoms with van der Waals surface area (Å²) >= 11 is 0. The zero-order valence-electron chi connectivity index (χ0n) is 17.5. The third kappa shape index (κ3) is 3.59.